The Bertz CT molecular complexity index is 1550. The van der Waals surface area contributed by atoms with Gasteiger partial charge < -0.3 is 19.7 Å². The van der Waals surface area contributed by atoms with E-state index in [1.165, 1.54) is 23.2 Å². The number of fused-ring (bicyclic) bond motifs is 1. The van der Waals surface area contributed by atoms with E-state index in [-0.39, 0.29) is 6.47 Å². The van der Waals surface area contributed by atoms with Crippen LogP contribution in [0.2, 0.25) is 5.02 Å². The molecule has 4 aromatic rings. The number of benzene rings is 2. The Morgan fingerprint density at radius 1 is 1.07 bits per heavy atom. The average Bonchev–Trinajstić information content (AvgIpc) is 3.44. The number of carboxylic acid groups (broad SMARTS) is 1. The molecule has 1 aliphatic heterocycles. The van der Waals surface area contributed by atoms with Crippen LogP contribution in [0.3, 0.4) is 0 Å². The van der Waals surface area contributed by atoms with Crippen LogP contribution in [0.25, 0.3) is 16.6 Å². The lowest BCUT2D eigenvalue weighted by molar-refractivity contribution is -0.122. The van der Waals surface area contributed by atoms with E-state index >= 15 is 0 Å². The molecule has 220 valence electrons. The normalized spacial score (nSPS) is 17.1. The van der Waals surface area contributed by atoms with Crippen molar-refractivity contribution in [2.75, 3.05) is 37.6 Å². The summed E-state index contributed by atoms with van der Waals surface area (Å²) in [5, 5.41) is 8.74. The van der Waals surface area contributed by atoms with Gasteiger partial charge in [0.05, 0.1) is 6.20 Å². The molecule has 0 spiro atoms. The van der Waals surface area contributed by atoms with Gasteiger partial charge >= 0.3 is 0 Å². The maximum absolute atomic E-state index is 8.36. The minimum atomic E-state index is -0.250. The second kappa shape index (κ2) is 13.0. The number of aromatic amines is 1. The molecule has 0 atom stereocenters. The highest BCUT2D eigenvalue weighted by atomic mass is 35.5. The van der Waals surface area contributed by atoms with E-state index < -0.39 is 0 Å². The predicted octanol–water partition coefficient (Wildman–Crippen LogP) is 7.80. The summed E-state index contributed by atoms with van der Waals surface area (Å²) in [7, 11) is 0. The van der Waals surface area contributed by atoms with Crippen LogP contribution in [-0.2, 0) is 4.79 Å². The summed E-state index contributed by atoms with van der Waals surface area (Å²) < 4.78 is 6.29. The topological polar surface area (TPSA) is 81.7 Å². The zero-order chi connectivity index (χ0) is 29.7. The fourth-order valence-corrected chi connectivity index (χ4v) is 6.12. The summed E-state index contributed by atoms with van der Waals surface area (Å²) in [4.78, 5) is 21.1. The van der Waals surface area contributed by atoms with Crippen molar-refractivity contribution in [2.45, 2.75) is 40.0 Å². The van der Waals surface area contributed by atoms with Crippen LogP contribution < -0.4 is 9.64 Å². The number of nitrogens with one attached hydrogen (secondary N) is 1. The molecule has 0 radical (unpaired) electrons. The first-order chi connectivity index (χ1) is 20.2. The molecule has 0 amide bonds. The number of rotatable bonds is 6. The molecule has 1 fully saturated rings. The van der Waals surface area contributed by atoms with Crippen molar-refractivity contribution in [1.82, 2.24) is 14.9 Å². The molecule has 1 aliphatic carbocycles. The lowest BCUT2D eigenvalue weighted by Crippen LogP contribution is -2.47. The lowest BCUT2D eigenvalue weighted by Gasteiger charge is -2.39. The van der Waals surface area contributed by atoms with Crippen LogP contribution in [0, 0.1) is 12.3 Å². The first kappa shape index (κ1) is 29.7. The van der Waals surface area contributed by atoms with Crippen molar-refractivity contribution in [1.29, 1.82) is 0 Å². The molecule has 0 saturated carbocycles. The van der Waals surface area contributed by atoms with Crippen molar-refractivity contribution in [3.63, 3.8) is 0 Å². The summed E-state index contributed by atoms with van der Waals surface area (Å²) in [6.07, 6.45) is 7.21. The zero-order valence-corrected chi connectivity index (χ0v) is 25.3. The maximum Gasteiger partial charge on any atom is 0.290 e. The summed E-state index contributed by atoms with van der Waals surface area (Å²) >= 11 is 6.19. The van der Waals surface area contributed by atoms with Gasteiger partial charge in [0.25, 0.3) is 6.47 Å². The third-order valence-electron chi connectivity index (χ3n) is 8.29. The first-order valence-electron chi connectivity index (χ1n) is 14.5. The zero-order valence-electron chi connectivity index (χ0n) is 24.6. The quantitative estimate of drug-likeness (QED) is 0.224. The molecule has 2 N–H and O–H groups in total. The molecule has 1 saturated heterocycles. The molecule has 0 unspecified atom stereocenters. The molecule has 0 bridgehead atoms. The SMILES string of the molecule is Cc1ccc(N2CCN(CC3=C(c4ccc(Cl)cc4)CCC(C)(C)C3)CC2)cc1Oc1cnc2[nH]ccc2c1.O=CO. The molecule has 2 aromatic heterocycles. The lowest BCUT2D eigenvalue weighted by atomic mass is 9.73. The fraction of sp³-hybridized carbons (Fsp3) is 0.353. The van der Waals surface area contributed by atoms with Gasteiger partial charge in [-0.1, -0.05) is 49.2 Å². The smallest absolute Gasteiger partial charge is 0.290 e. The van der Waals surface area contributed by atoms with E-state index in [0.29, 0.717) is 5.41 Å². The molecule has 3 heterocycles. The van der Waals surface area contributed by atoms with E-state index in [4.69, 9.17) is 26.2 Å². The number of pyridine rings is 1. The van der Waals surface area contributed by atoms with Crippen LogP contribution in [0.15, 0.2) is 72.6 Å². The minimum Gasteiger partial charge on any atom is -0.483 e. The van der Waals surface area contributed by atoms with Crippen molar-refractivity contribution in [2.24, 2.45) is 5.41 Å². The number of carbonyl (C=O) groups is 1. The predicted molar refractivity (Wildman–Crippen MR) is 171 cm³/mol. The number of hydrogen-bond donors (Lipinski definition) is 2. The van der Waals surface area contributed by atoms with Gasteiger partial charge in [-0.3, -0.25) is 9.69 Å². The highest BCUT2D eigenvalue weighted by Crippen LogP contribution is 2.43. The third kappa shape index (κ3) is 7.15. The Morgan fingerprint density at radius 3 is 2.55 bits per heavy atom. The van der Waals surface area contributed by atoms with Crippen molar-refractivity contribution in [3.8, 4) is 11.5 Å². The number of aryl methyl sites for hydroxylation is 1. The largest absolute Gasteiger partial charge is 0.483 e. The molecule has 2 aliphatic rings. The molecule has 2 aromatic carbocycles. The molecule has 6 rings (SSSR count). The highest BCUT2D eigenvalue weighted by Gasteiger charge is 2.29. The Labute approximate surface area is 252 Å². The van der Waals surface area contributed by atoms with Crippen molar-refractivity contribution < 1.29 is 14.6 Å². The Morgan fingerprint density at radius 2 is 1.81 bits per heavy atom. The first-order valence-corrected chi connectivity index (χ1v) is 14.9. The second-order valence-corrected chi connectivity index (χ2v) is 12.4. The molecule has 8 heteroatoms. The fourth-order valence-electron chi connectivity index (χ4n) is 6.00. The van der Waals surface area contributed by atoms with Crippen LogP contribution >= 0.6 is 11.6 Å². The Balaban J connectivity index is 0.00000113. The van der Waals surface area contributed by atoms with Crippen LogP contribution in [-0.4, -0.2) is 59.2 Å². The van der Waals surface area contributed by atoms with Gasteiger partial charge in [0.2, 0.25) is 0 Å². The molecule has 42 heavy (non-hydrogen) atoms. The number of piperazine rings is 1. The number of halogens is 1. The number of nitrogens with zero attached hydrogens (tertiary/aromatic N) is 3. The van der Waals surface area contributed by atoms with Gasteiger partial charge in [-0.25, -0.2) is 4.98 Å². The van der Waals surface area contributed by atoms with Crippen molar-refractivity contribution in [3.05, 3.63) is 88.7 Å². The molecule has 7 nitrogen and oxygen atoms in total. The summed E-state index contributed by atoms with van der Waals surface area (Å²) in [6.45, 7) is 11.8. The molecular formula is C34H39ClN4O3. The van der Waals surface area contributed by atoms with E-state index in [2.05, 4.69) is 70.9 Å². The Hall–Kier alpha value is -3.81. The van der Waals surface area contributed by atoms with E-state index in [1.807, 2.05) is 30.5 Å². The summed E-state index contributed by atoms with van der Waals surface area (Å²) in [5.74, 6) is 1.64. The number of H-pyrrole nitrogens is 1. The van der Waals surface area contributed by atoms with E-state index in [0.717, 1.165) is 78.7 Å². The van der Waals surface area contributed by atoms with Gasteiger partial charge in [-0.05, 0) is 78.6 Å². The Kier molecular flexibility index (Phi) is 9.19. The number of allylic oxidation sites excluding steroid dienone is 1. The summed E-state index contributed by atoms with van der Waals surface area (Å²) in [6, 6.07) is 19.0. The van der Waals surface area contributed by atoms with Gasteiger partial charge in [0.15, 0.2) is 0 Å². The number of ether oxygens (including phenoxy) is 1. The van der Waals surface area contributed by atoms with Gasteiger partial charge in [0, 0.05) is 61.1 Å². The van der Waals surface area contributed by atoms with Crippen molar-refractivity contribution >= 4 is 40.4 Å². The van der Waals surface area contributed by atoms with Gasteiger partial charge in [-0.2, -0.15) is 0 Å². The van der Waals surface area contributed by atoms with Crippen LogP contribution in [0.5, 0.6) is 11.5 Å². The van der Waals surface area contributed by atoms with Crippen LogP contribution in [0.4, 0.5) is 5.69 Å². The third-order valence-corrected chi connectivity index (χ3v) is 8.54. The maximum atomic E-state index is 8.36. The highest BCUT2D eigenvalue weighted by molar-refractivity contribution is 6.30. The van der Waals surface area contributed by atoms with Crippen LogP contribution in [0.1, 0.15) is 44.2 Å². The molecular weight excluding hydrogens is 548 g/mol. The monoisotopic (exact) mass is 586 g/mol. The minimum absolute atomic E-state index is 0.250. The number of hydrogen-bond acceptors (Lipinski definition) is 5. The van der Waals surface area contributed by atoms with Gasteiger partial charge in [0.1, 0.15) is 17.1 Å². The van der Waals surface area contributed by atoms with E-state index in [1.54, 1.807) is 11.8 Å². The average molecular weight is 587 g/mol. The number of aromatic nitrogens is 2. The standard InChI is InChI=1S/C33H37ClN4O.CH2O2/c1-23-4-9-28(19-31(23)39-29-18-25-11-13-35-32(25)36-21-29)38-16-14-37(15-17-38)22-26-20-33(2,3)12-10-30(26)24-5-7-27(34)8-6-24;2-1-3/h4-9,11,13,18-19,21H,10,12,14-17,20,22H2,1-3H3,(H,35,36);1H,(H,2,3). The summed E-state index contributed by atoms with van der Waals surface area (Å²) in [5.41, 5.74) is 8.02. The number of anilines is 1. The second-order valence-electron chi connectivity index (χ2n) is 11.9. The van der Waals surface area contributed by atoms with Gasteiger partial charge in [-0.15, -0.1) is 0 Å². The van der Waals surface area contributed by atoms with E-state index in [9.17, 15) is 0 Å².